The largest absolute Gasteiger partial charge is 0.373 e. The van der Waals surface area contributed by atoms with E-state index in [9.17, 15) is 13.2 Å². The van der Waals surface area contributed by atoms with E-state index in [-0.39, 0.29) is 29.1 Å². The van der Waals surface area contributed by atoms with E-state index in [0.717, 1.165) is 37.3 Å². The molecule has 3 rings (SSSR count). The number of anilines is 1. The van der Waals surface area contributed by atoms with Crippen LogP contribution in [0.1, 0.15) is 39.7 Å². The summed E-state index contributed by atoms with van der Waals surface area (Å²) in [6.07, 6.45) is 1.84. The molecule has 1 fully saturated rings. The van der Waals surface area contributed by atoms with E-state index in [1.807, 2.05) is 6.92 Å². The summed E-state index contributed by atoms with van der Waals surface area (Å²) in [6, 6.07) is 5.07. The van der Waals surface area contributed by atoms with Crippen LogP contribution in [-0.2, 0) is 26.0 Å². The lowest BCUT2D eigenvalue weighted by Gasteiger charge is -2.35. The number of amides is 1. The third-order valence-corrected chi connectivity index (χ3v) is 6.81. The van der Waals surface area contributed by atoms with Gasteiger partial charge in [-0.2, -0.15) is 0 Å². The lowest BCUT2D eigenvalue weighted by molar-refractivity contribution is -0.116. The first-order valence-corrected chi connectivity index (χ1v) is 11.5. The van der Waals surface area contributed by atoms with Crippen molar-refractivity contribution in [1.29, 1.82) is 0 Å². The number of carbonyl (C=O) groups is 1. The zero-order valence-electron chi connectivity index (χ0n) is 17.1. The van der Waals surface area contributed by atoms with Crippen molar-refractivity contribution in [1.82, 2.24) is 9.62 Å². The first kappa shape index (κ1) is 21.2. The van der Waals surface area contributed by atoms with E-state index < -0.39 is 10.0 Å². The third kappa shape index (κ3) is 4.74. The van der Waals surface area contributed by atoms with Crippen molar-refractivity contribution in [2.75, 3.05) is 31.1 Å². The van der Waals surface area contributed by atoms with Gasteiger partial charge in [-0.1, -0.05) is 0 Å². The van der Waals surface area contributed by atoms with Crippen LogP contribution in [0.4, 0.5) is 5.69 Å². The summed E-state index contributed by atoms with van der Waals surface area (Å²) in [5.41, 5.74) is 1.72. The number of benzene rings is 1. The average molecular weight is 410 g/mol. The summed E-state index contributed by atoms with van der Waals surface area (Å²) in [7, 11) is -3.56. The number of nitrogens with zero attached hydrogens (tertiary/aromatic N) is 2. The van der Waals surface area contributed by atoms with Gasteiger partial charge in [0, 0.05) is 38.3 Å². The summed E-state index contributed by atoms with van der Waals surface area (Å²) < 4.78 is 33.7. The summed E-state index contributed by atoms with van der Waals surface area (Å²) >= 11 is 0. The van der Waals surface area contributed by atoms with Gasteiger partial charge in [-0.15, -0.1) is 0 Å². The predicted molar refractivity (Wildman–Crippen MR) is 109 cm³/mol. The lowest BCUT2D eigenvalue weighted by atomic mass is 10.1. The van der Waals surface area contributed by atoms with Crippen LogP contribution < -0.4 is 9.62 Å². The predicted octanol–water partition coefficient (Wildman–Crippen LogP) is 1.76. The fourth-order valence-electron chi connectivity index (χ4n) is 4.31. The van der Waals surface area contributed by atoms with E-state index in [1.54, 1.807) is 23.1 Å². The molecule has 1 aromatic carbocycles. The van der Waals surface area contributed by atoms with Crippen molar-refractivity contribution in [2.45, 2.75) is 63.7 Å². The minimum atomic E-state index is -3.56. The molecular formula is C20H31N3O4S. The van der Waals surface area contributed by atoms with Crippen LogP contribution in [0.3, 0.4) is 0 Å². The maximum absolute atomic E-state index is 12.7. The zero-order valence-corrected chi connectivity index (χ0v) is 18.0. The highest BCUT2D eigenvalue weighted by molar-refractivity contribution is 7.89. The van der Waals surface area contributed by atoms with Gasteiger partial charge in [-0.3, -0.25) is 9.69 Å². The van der Waals surface area contributed by atoms with Crippen molar-refractivity contribution in [3.05, 3.63) is 23.8 Å². The number of hydrogen-bond donors (Lipinski definition) is 1. The Bertz CT molecular complexity index is 817. The summed E-state index contributed by atoms with van der Waals surface area (Å²) in [5, 5.41) is 0. The number of fused-ring (bicyclic) bond motifs is 1. The van der Waals surface area contributed by atoms with Crippen molar-refractivity contribution in [3.8, 4) is 0 Å². The van der Waals surface area contributed by atoms with Crippen LogP contribution in [0.2, 0.25) is 0 Å². The molecule has 1 saturated heterocycles. The Morgan fingerprint density at radius 1 is 1.21 bits per heavy atom. The number of nitrogens with one attached hydrogen (secondary N) is 1. The van der Waals surface area contributed by atoms with Crippen molar-refractivity contribution in [3.63, 3.8) is 0 Å². The van der Waals surface area contributed by atoms with Crippen LogP contribution in [-0.4, -0.2) is 63.7 Å². The number of sulfonamides is 1. The molecule has 2 aliphatic heterocycles. The molecule has 3 unspecified atom stereocenters. The lowest BCUT2D eigenvalue weighted by Crippen LogP contribution is -2.46. The fourth-order valence-corrected chi connectivity index (χ4v) is 5.44. The number of ether oxygens (including phenoxy) is 1. The SMILES string of the molecule is CC(=O)N1c2ccc(S(=O)(=O)NCCCN3CC(C)OC(C)C3)cc2CC1C. The fraction of sp³-hybridized carbons (Fsp3) is 0.650. The van der Waals surface area contributed by atoms with Crippen molar-refractivity contribution in [2.24, 2.45) is 0 Å². The minimum Gasteiger partial charge on any atom is -0.373 e. The van der Waals surface area contributed by atoms with Crippen molar-refractivity contribution >= 4 is 21.6 Å². The normalized spacial score (nSPS) is 25.7. The third-order valence-electron chi connectivity index (χ3n) is 5.35. The van der Waals surface area contributed by atoms with E-state index in [4.69, 9.17) is 4.74 Å². The summed E-state index contributed by atoms with van der Waals surface area (Å²) in [6.45, 7) is 10.6. The number of rotatable bonds is 6. The number of carbonyl (C=O) groups excluding carboxylic acids is 1. The molecule has 2 heterocycles. The Labute approximate surface area is 168 Å². The van der Waals surface area contributed by atoms with Crippen LogP contribution in [0.5, 0.6) is 0 Å². The van der Waals surface area contributed by atoms with Crippen LogP contribution in [0.15, 0.2) is 23.1 Å². The minimum absolute atomic E-state index is 0.0215. The highest BCUT2D eigenvalue weighted by Gasteiger charge is 2.30. The standard InChI is InChI=1S/C20H31N3O4S/c1-14-10-18-11-19(6-7-20(18)23(14)17(4)24)28(25,26)21-8-5-9-22-12-15(2)27-16(3)13-22/h6-7,11,14-16,21H,5,8-10,12-13H2,1-4H3. The molecule has 1 amide bonds. The highest BCUT2D eigenvalue weighted by atomic mass is 32.2. The molecule has 0 saturated carbocycles. The first-order valence-electron chi connectivity index (χ1n) is 9.97. The number of morpholine rings is 1. The molecule has 0 aliphatic carbocycles. The molecule has 3 atom stereocenters. The van der Waals surface area contributed by atoms with Gasteiger partial charge in [0.25, 0.3) is 0 Å². The van der Waals surface area contributed by atoms with E-state index in [2.05, 4.69) is 23.5 Å². The van der Waals surface area contributed by atoms with Gasteiger partial charge >= 0.3 is 0 Å². The molecule has 0 aromatic heterocycles. The molecule has 0 spiro atoms. The van der Waals surface area contributed by atoms with Gasteiger partial charge in [-0.05, 0) is 63.9 Å². The second-order valence-corrected chi connectivity index (χ2v) is 9.77. The first-order chi connectivity index (χ1) is 13.2. The van der Waals surface area contributed by atoms with Crippen LogP contribution in [0, 0.1) is 0 Å². The van der Waals surface area contributed by atoms with Gasteiger partial charge in [-0.25, -0.2) is 13.1 Å². The quantitative estimate of drug-likeness (QED) is 0.725. The molecule has 7 nitrogen and oxygen atoms in total. The molecule has 0 bridgehead atoms. The second kappa shape index (κ2) is 8.49. The van der Waals surface area contributed by atoms with E-state index in [1.165, 1.54) is 6.92 Å². The van der Waals surface area contributed by atoms with Crippen LogP contribution in [0.25, 0.3) is 0 Å². The van der Waals surface area contributed by atoms with Crippen molar-refractivity contribution < 1.29 is 17.9 Å². The topological polar surface area (TPSA) is 79.0 Å². The van der Waals surface area contributed by atoms with Gasteiger partial charge < -0.3 is 9.64 Å². The molecule has 156 valence electrons. The Morgan fingerprint density at radius 3 is 2.54 bits per heavy atom. The molecule has 0 radical (unpaired) electrons. The average Bonchev–Trinajstić information content (AvgIpc) is 2.93. The van der Waals surface area contributed by atoms with E-state index in [0.29, 0.717) is 13.0 Å². The number of hydrogen-bond acceptors (Lipinski definition) is 5. The molecule has 1 N–H and O–H groups in total. The Kier molecular flexibility index (Phi) is 6.44. The maximum Gasteiger partial charge on any atom is 0.240 e. The second-order valence-electron chi connectivity index (χ2n) is 8.00. The smallest absolute Gasteiger partial charge is 0.240 e. The van der Waals surface area contributed by atoms with Gasteiger partial charge in [0.05, 0.1) is 17.1 Å². The summed E-state index contributed by atoms with van der Waals surface area (Å²) in [5.74, 6) is -0.0215. The molecule has 8 heteroatoms. The molecular weight excluding hydrogens is 378 g/mol. The van der Waals surface area contributed by atoms with E-state index >= 15 is 0 Å². The van der Waals surface area contributed by atoms with Gasteiger partial charge in [0.15, 0.2) is 0 Å². The van der Waals surface area contributed by atoms with Gasteiger partial charge in [0.2, 0.25) is 15.9 Å². The monoisotopic (exact) mass is 409 g/mol. The highest BCUT2D eigenvalue weighted by Crippen LogP contribution is 2.33. The molecule has 2 aliphatic rings. The Balaban J connectivity index is 1.57. The molecule has 1 aromatic rings. The zero-order chi connectivity index (χ0) is 20.5. The Morgan fingerprint density at radius 2 is 1.89 bits per heavy atom. The van der Waals surface area contributed by atoms with Crippen LogP contribution >= 0.6 is 0 Å². The summed E-state index contributed by atoms with van der Waals surface area (Å²) in [4.78, 5) is 16.1. The molecule has 28 heavy (non-hydrogen) atoms. The van der Waals surface area contributed by atoms with Gasteiger partial charge in [0.1, 0.15) is 0 Å². The Hall–Kier alpha value is -1.48. The maximum atomic E-state index is 12.7.